The fraction of sp³-hybridized carbons (Fsp3) is 0.300. The molecule has 0 spiro atoms. The van der Waals surface area contributed by atoms with Gasteiger partial charge in [-0.25, -0.2) is 9.78 Å². The van der Waals surface area contributed by atoms with Crippen molar-refractivity contribution in [2.45, 2.75) is 31.6 Å². The molecule has 3 rings (SSSR count). The zero-order valence-corrected chi connectivity index (χ0v) is 14.9. The number of carbonyl (C=O) groups is 1. The third-order valence-electron chi connectivity index (χ3n) is 4.18. The smallest absolute Gasteiger partial charge is 0.407 e. The number of rotatable bonds is 8. The van der Waals surface area contributed by atoms with Gasteiger partial charge in [0.15, 0.2) is 11.7 Å². The Morgan fingerprint density at radius 3 is 2.67 bits per heavy atom. The first-order valence-corrected chi connectivity index (χ1v) is 8.88. The molecule has 0 saturated heterocycles. The number of alkyl carbamates (subject to hydrolysis) is 1. The van der Waals surface area contributed by atoms with Crippen LogP contribution in [0.1, 0.15) is 30.4 Å². The van der Waals surface area contributed by atoms with E-state index < -0.39 is 18.2 Å². The Balaban J connectivity index is 1.65. The van der Waals surface area contributed by atoms with Gasteiger partial charge in [-0.1, -0.05) is 42.5 Å². The predicted molar refractivity (Wildman–Crippen MR) is 101 cm³/mol. The minimum atomic E-state index is -1.10. The molecule has 0 saturated carbocycles. The molecule has 1 unspecified atom stereocenters. The fourth-order valence-corrected chi connectivity index (χ4v) is 2.75. The van der Waals surface area contributed by atoms with Crippen molar-refractivity contribution < 1.29 is 19.1 Å². The summed E-state index contributed by atoms with van der Waals surface area (Å²) in [6.45, 7) is 0.590. The second-order valence-electron chi connectivity index (χ2n) is 6.21. The van der Waals surface area contributed by atoms with Gasteiger partial charge in [-0.3, -0.25) is 0 Å². The number of hydrogen-bond donors (Lipinski definition) is 3. The van der Waals surface area contributed by atoms with E-state index in [1.54, 1.807) is 12.1 Å². The summed E-state index contributed by atoms with van der Waals surface area (Å²) in [5, 5.41) is 13.4. The minimum Gasteiger partial charge on any atom is -0.445 e. The van der Waals surface area contributed by atoms with E-state index in [9.17, 15) is 9.90 Å². The Hall–Kier alpha value is -2.90. The number of hydrogen-bond acceptors (Lipinski definition) is 6. The largest absolute Gasteiger partial charge is 0.445 e. The van der Waals surface area contributed by atoms with Gasteiger partial charge in [0.1, 0.15) is 12.1 Å². The van der Waals surface area contributed by atoms with Crippen molar-refractivity contribution in [1.29, 1.82) is 0 Å². The van der Waals surface area contributed by atoms with Crippen molar-refractivity contribution in [2.75, 3.05) is 6.54 Å². The van der Waals surface area contributed by atoms with E-state index >= 15 is 0 Å². The van der Waals surface area contributed by atoms with Crippen LogP contribution in [0.2, 0.25) is 0 Å². The second kappa shape index (κ2) is 9.16. The molecule has 3 aromatic rings. The maximum Gasteiger partial charge on any atom is 0.407 e. The van der Waals surface area contributed by atoms with Crippen LogP contribution in [0.5, 0.6) is 0 Å². The Kier molecular flexibility index (Phi) is 6.40. The highest BCUT2D eigenvalue weighted by molar-refractivity contribution is 5.72. The number of aliphatic hydroxyl groups excluding tert-OH is 1. The Morgan fingerprint density at radius 2 is 1.93 bits per heavy atom. The van der Waals surface area contributed by atoms with Crippen molar-refractivity contribution in [1.82, 2.24) is 10.3 Å². The van der Waals surface area contributed by atoms with E-state index in [1.807, 2.05) is 42.5 Å². The molecule has 7 nitrogen and oxygen atoms in total. The number of ether oxygens (including phenoxy) is 1. The van der Waals surface area contributed by atoms with Gasteiger partial charge < -0.3 is 25.3 Å². The molecule has 142 valence electrons. The maximum absolute atomic E-state index is 12.2. The molecule has 0 bridgehead atoms. The summed E-state index contributed by atoms with van der Waals surface area (Å²) < 4.78 is 10.9. The summed E-state index contributed by atoms with van der Waals surface area (Å²) in [5.41, 5.74) is 7.69. The van der Waals surface area contributed by atoms with Crippen LogP contribution in [0.3, 0.4) is 0 Å². The third kappa shape index (κ3) is 5.06. The van der Waals surface area contributed by atoms with Crippen LogP contribution in [0.4, 0.5) is 4.79 Å². The molecule has 4 N–H and O–H groups in total. The third-order valence-corrected chi connectivity index (χ3v) is 4.18. The lowest BCUT2D eigenvalue weighted by atomic mass is 10.1. The molecule has 2 aromatic carbocycles. The Labute approximate surface area is 157 Å². The van der Waals surface area contributed by atoms with Crippen molar-refractivity contribution in [3.05, 3.63) is 66.1 Å². The Bertz CT molecular complexity index is 833. The summed E-state index contributed by atoms with van der Waals surface area (Å²) >= 11 is 0. The maximum atomic E-state index is 12.2. The highest BCUT2D eigenvalue weighted by atomic mass is 16.5. The highest BCUT2D eigenvalue weighted by Gasteiger charge is 2.27. The van der Waals surface area contributed by atoms with Crippen LogP contribution in [-0.4, -0.2) is 28.8 Å². The molecular weight excluding hydrogens is 346 g/mol. The van der Waals surface area contributed by atoms with E-state index in [0.29, 0.717) is 30.5 Å². The van der Waals surface area contributed by atoms with Crippen molar-refractivity contribution in [2.24, 2.45) is 5.73 Å². The number of carbonyl (C=O) groups excluding carboxylic acids is 1. The lowest BCUT2D eigenvalue weighted by Crippen LogP contribution is -2.40. The number of benzene rings is 2. The molecule has 0 fully saturated rings. The second-order valence-corrected chi connectivity index (χ2v) is 6.21. The predicted octanol–water partition coefficient (Wildman–Crippen LogP) is 2.90. The number of oxazole rings is 1. The van der Waals surface area contributed by atoms with E-state index in [0.717, 1.165) is 5.56 Å². The van der Waals surface area contributed by atoms with E-state index in [-0.39, 0.29) is 12.5 Å². The first-order valence-electron chi connectivity index (χ1n) is 8.88. The molecule has 27 heavy (non-hydrogen) atoms. The van der Waals surface area contributed by atoms with Crippen LogP contribution in [0.15, 0.2) is 59.0 Å². The fourth-order valence-electron chi connectivity index (χ4n) is 2.75. The minimum absolute atomic E-state index is 0.148. The van der Waals surface area contributed by atoms with Gasteiger partial charge in [-0.2, -0.15) is 0 Å². The zero-order valence-electron chi connectivity index (χ0n) is 14.9. The summed E-state index contributed by atoms with van der Waals surface area (Å²) in [6, 6.07) is 16.0. The average molecular weight is 369 g/mol. The number of aromatic nitrogens is 1. The van der Waals surface area contributed by atoms with Gasteiger partial charge in [-0.15, -0.1) is 0 Å². The van der Waals surface area contributed by atoms with Crippen molar-refractivity contribution in [3.63, 3.8) is 0 Å². The SMILES string of the molecule is NCCC[C@H](NC(=O)OCc1ccccc1)C(O)c1nc2ccccc2o1. The van der Waals surface area contributed by atoms with Crippen LogP contribution in [-0.2, 0) is 11.3 Å². The number of fused-ring (bicyclic) bond motifs is 1. The highest BCUT2D eigenvalue weighted by Crippen LogP contribution is 2.24. The number of nitrogens with zero attached hydrogens (tertiary/aromatic N) is 1. The van der Waals surface area contributed by atoms with Gasteiger partial charge >= 0.3 is 6.09 Å². The topological polar surface area (TPSA) is 111 Å². The summed E-state index contributed by atoms with van der Waals surface area (Å²) in [4.78, 5) is 16.5. The lowest BCUT2D eigenvalue weighted by Gasteiger charge is -2.21. The number of amides is 1. The van der Waals surface area contributed by atoms with Crippen LogP contribution < -0.4 is 11.1 Å². The van der Waals surface area contributed by atoms with Crippen LogP contribution >= 0.6 is 0 Å². The molecule has 2 atom stereocenters. The quantitative estimate of drug-likeness (QED) is 0.563. The lowest BCUT2D eigenvalue weighted by molar-refractivity contribution is 0.0827. The van der Waals surface area contributed by atoms with E-state index in [4.69, 9.17) is 14.9 Å². The first-order chi connectivity index (χ1) is 13.2. The van der Waals surface area contributed by atoms with Crippen LogP contribution in [0.25, 0.3) is 11.1 Å². The normalized spacial score (nSPS) is 13.3. The molecule has 1 amide bonds. The summed E-state index contributed by atoms with van der Waals surface area (Å²) in [5.74, 6) is 0.154. The molecule has 0 aliphatic carbocycles. The van der Waals surface area contributed by atoms with Gasteiger partial charge in [-0.05, 0) is 37.1 Å². The first kappa shape index (κ1) is 18.9. The molecular formula is C20H23N3O4. The molecule has 0 aliphatic heterocycles. The number of aliphatic hydroxyl groups is 1. The number of nitrogens with two attached hydrogens (primary N) is 1. The number of nitrogens with one attached hydrogen (secondary N) is 1. The Morgan fingerprint density at radius 1 is 1.19 bits per heavy atom. The average Bonchev–Trinajstić information content (AvgIpc) is 3.14. The zero-order chi connectivity index (χ0) is 19.1. The van der Waals surface area contributed by atoms with Gasteiger partial charge in [0.25, 0.3) is 0 Å². The molecule has 7 heteroatoms. The van der Waals surface area contributed by atoms with Gasteiger partial charge in [0, 0.05) is 0 Å². The molecule has 1 heterocycles. The van der Waals surface area contributed by atoms with Crippen molar-refractivity contribution in [3.8, 4) is 0 Å². The molecule has 1 aromatic heterocycles. The molecule has 0 aliphatic rings. The van der Waals surface area contributed by atoms with E-state index in [2.05, 4.69) is 10.3 Å². The number of para-hydroxylation sites is 2. The van der Waals surface area contributed by atoms with Gasteiger partial charge in [0.05, 0.1) is 6.04 Å². The van der Waals surface area contributed by atoms with Gasteiger partial charge in [0.2, 0.25) is 5.89 Å². The standard InChI is InChI=1S/C20H23N3O4/c21-12-6-10-16(23-20(25)26-13-14-7-2-1-3-8-14)18(24)19-22-15-9-4-5-11-17(15)27-19/h1-5,7-9,11,16,18,24H,6,10,12-13,21H2,(H,23,25)/t16-,18?/m0/s1. The molecule has 0 radical (unpaired) electrons. The summed E-state index contributed by atoms with van der Waals surface area (Å²) in [6.07, 6.45) is -0.623. The monoisotopic (exact) mass is 369 g/mol. The van der Waals surface area contributed by atoms with Crippen molar-refractivity contribution >= 4 is 17.2 Å². The van der Waals surface area contributed by atoms with Crippen LogP contribution in [0, 0.1) is 0 Å². The van der Waals surface area contributed by atoms with E-state index in [1.165, 1.54) is 0 Å². The summed E-state index contributed by atoms with van der Waals surface area (Å²) in [7, 11) is 0.